The van der Waals surface area contributed by atoms with Crippen molar-refractivity contribution in [3.8, 4) is 11.5 Å². The summed E-state index contributed by atoms with van der Waals surface area (Å²) >= 11 is 0. The maximum absolute atomic E-state index is 12.2. The number of carbonyl (C=O) groups excluding carboxylic acids is 1. The number of rotatable bonds is 10. The van der Waals surface area contributed by atoms with Crippen LogP contribution in [0.3, 0.4) is 0 Å². The third kappa shape index (κ3) is 6.37. The molecule has 1 rings (SSSR count). The zero-order valence-electron chi connectivity index (χ0n) is 14.6. The van der Waals surface area contributed by atoms with E-state index in [0.29, 0.717) is 24.0 Å². The van der Waals surface area contributed by atoms with Crippen LogP contribution >= 0.6 is 0 Å². The van der Waals surface area contributed by atoms with E-state index in [1.165, 1.54) is 32.4 Å². The van der Waals surface area contributed by atoms with Crippen LogP contribution in [0, 0.1) is 5.92 Å². The van der Waals surface area contributed by atoms with Crippen molar-refractivity contribution in [2.24, 2.45) is 5.92 Å². The first-order valence-corrected chi connectivity index (χ1v) is 9.27. The fraction of sp³-hybridized carbons (Fsp3) is 0.562. The van der Waals surface area contributed by atoms with Crippen molar-refractivity contribution in [2.45, 2.75) is 31.6 Å². The summed E-state index contributed by atoms with van der Waals surface area (Å²) < 4.78 is 37.1. The number of amides is 1. The van der Waals surface area contributed by atoms with Crippen molar-refractivity contribution in [1.29, 1.82) is 0 Å². The monoisotopic (exact) mass is 358 g/mol. The van der Waals surface area contributed by atoms with E-state index in [1.807, 2.05) is 0 Å². The van der Waals surface area contributed by atoms with Crippen LogP contribution in [0.15, 0.2) is 23.1 Å². The third-order valence-corrected chi connectivity index (χ3v) is 4.81. The second kappa shape index (κ2) is 9.48. The highest BCUT2D eigenvalue weighted by molar-refractivity contribution is 7.89. The van der Waals surface area contributed by atoms with Crippen molar-refractivity contribution in [1.82, 2.24) is 10.0 Å². The van der Waals surface area contributed by atoms with E-state index in [2.05, 4.69) is 23.9 Å². The standard InChI is InChI=1S/C16H26N2O5S/c1-12(2)7-9-17-16(19)8-10-18-24(20,21)13-5-6-14(22-3)15(11-13)23-4/h5-6,11-12,18H,7-10H2,1-4H3,(H,17,19). The van der Waals surface area contributed by atoms with Gasteiger partial charge in [-0.1, -0.05) is 13.8 Å². The van der Waals surface area contributed by atoms with Gasteiger partial charge in [-0.05, 0) is 24.5 Å². The maximum atomic E-state index is 12.2. The minimum atomic E-state index is -3.71. The topological polar surface area (TPSA) is 93.7 Å². The predicted molar refractivity (Wildman–Crippen MR) is 91.8 cm³/mol. The molecule has 1 aromatic carbocycles. The van der Waals surface area contributed by atoms with Gasteiger partial charge < -0.3 is 14.8 Å². The van der Waals surface area contributed by atoms with E-state index in [-0.39, 0.29) is 23.8 Å². The van der Waals surface area contributed by atoms with Crippen molar-refractivity contribution in [3.63, 3.8) is 0 Å². The Morgan fingerprint density at radius 2 is 1.79 bits per heavy atom. The Morgan fingerprint density at radius 1 is 1.12 bits per heavy atom. The Morgan fingerprint density at radius 3 is 2.38 bits per heavy atom. The molecule has 0 unspecified atom stereocenters. The van der Waals surface area contributed by atoms with E-state index in [1.54, 1.807) is 0 Å². The number of sulfonamides is 1. The molecule has 1 amide bonds. The number of methoxy groups -OCH3 is 2. The summed E-state index contributed by atoms with van der Waals surface area (Å²) in [5.74, 6) is 1.10. The Labute approximate surface area is 143 Å². The van der Waals surface area contributed by atoms with Gasteiger partial charge in [0, 0.05) is 25.6 Å². The first-order valence-electron chi connectivity index (χ1n) is 7.78. The molecule has 0 spiro atoms. The van der Waals surface area contributed by atoms with Gasteiger partial charge in [0.05, 0.1) is 19.1 Å². The summed E-state index contributed by atoms with van der Waals surface area (Å²) in [4.78, 5) is 11.7. The molecule has 136 valence electrons. The Kier molecular flexibility index (Phi) is 8.00. The molecule has 0 saturated carbocycles. The fourth-order valence-corrected chi connectivity index (χ4v) is 3.00. The molecule has 0 radical (unpaired) electrons. The van der Waals surface area contributed by atoms with Crippen LogP contribution in [0.25, 0.3) is 0 Å². The van der Waals surface area contributed by atoms with Crippen LogP contribution in [0.5, 0.6) is 11.5 Å². The number of benzene rings is 1. The lowest BCUT2D eigenvalue weighted by atomic mass is 10.1. The minimum absolute atomic E-state index is 0.0319. The summed E-state index contributed by atoms with van der Waals surface area (Å²) in [5, 5.41) is 2.76. The smallest absolute Gasteiger partial charge is 0.240 e. The van der Waals surface area contributed by atoms with E-state index in [4.69, 9.17) is 9.47 Å². The van der Waals surface area contributed by atoms with Crippen LogP contribution in [0.1, 0.15) is 26.7 Å². The predicted octanol–water partition coefficient (Wildman–Crippen LogP) is 1.53. The Bertz CT molecular complexity index is 644. The molecule has 24 heavy (non-hydrogen) atoms. The molecule has 0 heterocycles. The van der Waals surface area contributed by atoms with E-state index in [0.717, 1.165) is 6.42 Å². The van der Waals surface area contributed by atoms with E-state index in [9.17, 15) is 13.2 Å². The molecular formula is C16H26N2O5S. The highest BCUT2D eigenvalue weighted by atomic mass is 32.2. The number of hydrogen-bond donors (Lipinski definition) is 2. The lowest BCUT2D eigenvalue weighted by molar-refractivity contribution is -0.120. The number of ether oxygens (including phenoxy) is 2. The molecule has 8 heteroatoms. The van der Waals surface area contributed by atoms with Gasteiger partial charge in [-0.25, -0.2) is 13.1 Å². The van der Waals surface area contributed by atoms with Crippen molar-refractivity contribution in [2.75, 3.05) is 27.3 Å². The molecule has 0 aliphatic rings. The van der Waals surface area contributed by atoms with Gasteiger partial charge >= 0.3 is 0 Å². The lowest BCUT2D eigenvalue weighted by Gasteiger charge is -2.11. The van der Waals surface area contributed by atoms with Crippen LogP contribution < -0.4 is 19.5 Å². The molecule has 0 atom stereocenters. The van der Waals surface area contributed by atoms with E-state index < -0.39 is 10.0 Å². The number of nitrogens with one attached hydrogen (secondary N) is 2. The van der Waals surface area contributed by atoms with Crippen LogP contribution in [0.4, 0.5) is 0 Å². The zero-order chi connectivity index (χ0) is 18.2. The number of hydrogen-bond acceptors (Lipinski definition) is 5. The molecule has 0 fully saturated rings. The molecule has 0 saturated heterocycles. The maximum Gasteiger partial charge on any atom is 0.240 e. The van der Waals surface area contributed by atoms with Gasteiger partial charge in [0.15, 0.2) is 11.5 Å². The average Bonchev–Trinajstić information content (AvgIpc) is 2.53. The summed E-state index contributed by atoms with van der Waals surface area (Å²) in [6.45, 7) is 4.77. The zero-order valence-corrected chi connectivity index (χ0v) is 15.4. The Balaban J connectivity index is 2.56. The van der Waals surface area contributed by atoms with Gasteiger partial charge in [0.25, 0.3) is 0 Å². The second-order valence-electron chi connectivity index (χ2n) is 5.70. The van der Waals surface area contributed by atoms with Gasteiger partial charge in [-0.15, -0.1) is 0 Å². The summed E-state index contributed by atoms with van der Waals surface area (Å²) in [6, 6.07) is 4.32. The summed E-state index contributed by atoms with van der Waals surface area (Å²) in [6.07, 6.45) is 0.980. The SMILES string of the molecule is COc1ccc(S(=O)(=O)NCCC(=O)NCCC(C)C)cc1OC. The van der Waals surface area contributed by atoms with Gasteiger partial charge in [-0.2, -0.15) is 0 Å². The van der Waals surface area contributed by atoms with Gasteiger partial charge in [0.2, 0.25) is 15.9 Å². The molecule has 0 aliphatic heterocycles. The minimum Gasteiger partial charge on any atom is -0.493 e. The molecule has 1 aromatic rings. The van der Waals surface area contributed by atoms with Crippen LogP contribution in [0.2, 0.25) is 0 Å². The van der Waals surface area contributed by atoms with E-state index >= 15 is 0 Å². The first-order chi connectivity index (χ1) is 11.3. The lowest BCUT2D eigenvalue weighted by Crippen LogP contribution is -2.31. The van der Waals surface area contributed by atoms with Crippen molar-refractivity contribution in [3.05, 3.63) is 18.2 Å². The average molecular weight is 358 g/mol. The van der Waals surface area contributed by atoms with Crippen LogP contribution in [-0.2, 0) is 14.8 Å². The number of carbonyl (C=O) groups is 1. The van der Waals surface area contributed by atoms with Gasteiger partial charge in [-0.3, -0.25) is 4.79 Å². The third-order valence-electron chi connectivity index (χ3n) is 3.35. The second-order valence-corrected chi connectivity index (χ2v) is 7.46. The first kappa shape index (κ1) is 20.2. The fourth-order valence-electron chi connectivity index (χ4n) is 1.95. The molecular weight excluding hydrogens is 332 g/mol. The van der Waals surface area contributed by atoms with Crippen molar-refractivity contribution >= 4 is 15.9 Å². The molecule has 7 nitrogen and oxygen atoms in total. The van der Waals surface area contributed by atoms with Gasteiger partial charge in [0.1, 0.15) is 0 Å². The highest BCUT2D eigenvalue weighted by Gasteiger charge is 2.17. The summed E-state index contributed by atoms with van der Waals surface area (Å²) in [5.41, 5.74) is 0. The molecule has 2 N–H and O–H groups in total. The Hall–Kier alpha value is -1.80. The normalized spacial score (nSPS) is 11.4. The largest absolute Gasteiger partial charge is 0.493 e. The van der Waals surface area contributed by atoms with Crippen LogP contribution in [-0.4, -0.2) is 41.6 Å². The quantitative estimate of drug-likeness (QED) is 0.662. The van der Waals surface area contributed by atoms with Crippen molar-refractivity contribution < 1.29 is 22.7 Å². The summed E-state index contributed by atoms with van der Waals surface area (Å²) in [7, 11) is -0.805. The molecule has 0 aromatic heterocycles. The molecule has 0 aliphatic carbocycles. The highest BCUT2D eigenvalue weighted by Crippen LogP contribution is 2.29. The molecule has 0 bridgehead atoms.